The lowest BCUT2D eigenvalue weighted by atomic mass is 9.89. The molecule has 144 valence electrons. The Hall–Kier alpha value is -2.53. The molecule has 1 fully saturated rings. The van der Waals surface area contributed by atoms with Gasteiger partial charge in [0.15, 0.2) is 0 Å². The van der Waals surface area contributed by atoms with Crippen molar-refractivity contribution >= 4 is 28.6 Å². The zero-order chi connectivity index (χ0) is 19.5. The van der Waals surface area contributed by atoms with Gasteiger partial charge in [0.2, 0.25) is 0 Å². The van der Waals surface area contributed by atoms with Gasteiger partial charge >= 0.3 is 6.09 Å². The van der Waals surface area contributed by atoms with Crippen molar-refractivity contribution in [3.63, 3.8) is 0 Å². The van der Waals surface area contributed by atoms with Crippen molar-refractivity contribution in [3.05, 3.63) is 72.0 Å². The van der Waals surface area contributed by atoms with Gasteiger partial charge in [-0.2, -0.15) is 0 Å². The van der Waals surface area contributed by atoms with Crippen LogP contribution >= 0.6 is 11.8 Å². The summed E-state index contributed by atoms with van der Waals surface area (Å²) in [4.78, 5) is 15.5. The van der Waals surface area contributed by atoms with Gasteiger partial charge in [0.1, 0.15) is 11.6 Å². The van der Waals surface area contributed by atoms with E-state index in [2.05, 4.69) is 18.2 Å². The molecule has 1 saturated heterocycles. The fourth-order valence-corrected chi connectivity index (χ4v) is 4.14. The maximum atomic E-state index is 13.1. The Kier molecular flexibility index (Phi) is 5.53. The first-order chi connectivity index (χ1) is 13.6. The average molecular weight is 395 g/mol. The first kappa shape index (κ1) is 18.8. The Morgan fingerprint density at radius 3 is 2.43 bits per heavy atom. The van der Waals surface area contributed by atoms with Gasteiger partial charge < -0.3 is 9.64 Å². The van der Waals surface area contributed by atoms with Crippen LogP contribution in [0.3, 0.4) is 0 Å². The summed E-state index contributed by atoms with van der Waals surface area (Å²) in [5, 5.41) is 2.19. The van der Waals surface area contributed by atoms with Crippen molar-refractivity contribution in [3.8, 4) is 5.75 Å². The highest BCUT2D eigenvalue weighted by Gasteiger charge is 2.25. The van der Waals surface area contributed by atoms with Crippen LogP contribution < -0.4 is 4.74 Å². The normalized spacial score (nSPS) is 15.0. The molecule has 1 aliphatic rings. The fourth-order valence-electron chi connectivity index (χ4n) is 3.69. The number of piperidine rings is 1. The number of thioether (sulfide) groups is 1. The topological polar surface area (TPSA) is 29.5 Å². The third-order valence-electron chi connectivity index (χ3n) is 5.32. The zero-order valence-corrected chi connectivity index (χ0v) is 16.5. The first-order valence-corrected chi connectivity index (χ1v) is 10.6. The molecule has 28 heavy (non-hydrogen) atoms. The van der Waals surface area contributed by atoms with E-state index in [9.17, 15) is 9.18 Å². The number of halogens is 1. The quantitative estimate of drug-likeness (QED) is 0.503. The maximum absolute atomic E-state index is 13.1. The number of carbonyl (C=O) groups excluding carboxylic acids is 1. The van der Waals surface area contributed by atoms with Crippen molar-refractivity contribution in [2.24, 2.45) is 0 Å². The molecular weight excluding hydrogens is 373 g/mol. The number of fused-ring (bicyclic) bond motifs is 1. The van der Waals surface area contributed by atoms with Gasteiger partial charge in [0.25, 0.3) is 0 Å². The van der Waals surface area contributed by atoms with Crippen molar-refractivity contribution in [2.45, 2.75) is 23.7 Å². The summed E-state index contributed by atoms with van der Waals surface area (Å²) in [6.45, 7) is 1.29. The number of hydrogen-bond acceptors (Lipinski definition) is 3. The molecule has 0 bridgehead atoms. The molecule has 0 aromatic heterocycles. The van der Waals surface area contributed by atoms with Crippen molar-refractivity contribution < 1.29 is 13.9 Å². The zero-order valence-electron chi connectivity index (χ0n) is 15.7. The summed E-state index contributed by atoms with van der Waals surface area (Å²) in [5.74, 6) is 0.705. The second-order valence-electron chi connectivity index (χ2n) is 7.06. The maximum Gasteiger partial charge on any atom is 0.415 e. The molecule has 0 unspecified atom stereocenters. The van der Waals surface area contributed by atoms with Crippen LogP contribution in [0.1, 0.15) is 24.3 Å². The van der Waals surface area contributed by atoms with E-state index in [1.54, 1.807) is 16.7 Å². The second kappa shape index (κ2) is 8.23. The fraction of sp³-hybridized carbons (Fsp3) is 0.261. The smallest absolute Gasteiger partial charge is 0.410 e. The lowest BCUT2D eigenvalue weighted by molar-refractivity contribution is 0.139. The van der Waals surface area contributed by atoms with Gasteiger partial charge in [-0.25, -0.2) is 9.18 Å². The number of carbonyl (C=O) groups is 1. The van der Waals surface area contributed by atoms with Crippen LogP contribution in [0.2, 0.25) is 0 Å². The molecule has 0 radical (unpaired) electrons. The summed E-state index contributed by atoms with van der Waals surface area (Å²) in [7, 11) is 0. The second-order valence-corrected chi connectivity index (χ2v) is 7.94. The van der Waals surface area contributed by atoms with E-state index in [4.69, 9.17) is 4.74 Å². The summed E-state index contributed by atoms with van der Waals surface area (Å²) in [5.41, 5.74) is 1.13. The van der Waals surface area contributed by atoms with Gasteiger partial charge in [-0.15, -0.1) is 11.8 Å². The largest absolute Gasteiger partial charge is 0.415 e. The van der Waals surface area contributed by atoms with Crippen molar-refractivity contribution in [2.75, 3.05) is 19.3 Å². The molecule has 5 heteroatoms. The summed E-state index contributed by atoms with van der Waals surface area (Å²) >= 11 is 1.69. The van der Waals surface area contributed by atoms with Crippen LogP contribution in [0.4, 0.5) is 9.18 Å². The van der Waals surface area contributed by atoms with E-state index in [0.717, 1.165) is 29.2 Å². The molecule has 0 atom stereocenters. The Labute approximate surface area is 168 Å². The highest BCUT2D eigenvalue weighted by atomic mass is 32.2. The Bertz CT molecular complexity index is 982. The summed E-state index contributed by atoms with van der Waals surface area (Å²) < 4.78 is 18.7. The van der Waals surface area contributed by atoms with Crippen LogP contribution in [0.15, 0.2) is 65.6 Å². The highest BCUT2D eigenvalue weighted by molar-refractivity contribution is 7.98. The van der Waals surface area contributed by atoms with Crippen LogP contribution in [0.5, 0.6) is 5.75 Å². The van der Waals surface area contributed by atoms with Crippen LogP contribution in [-0.2, 0) is 0 Å². The van der Waals surface area contributed by atoms with Crippen LogP contribution in [-0.4, -0.2) is 30.3 Å². The van der Waals surface area contributed by atoms with Gasteiger partial charge in [-0.05, 0) is 77.7 Å². The predicted molar refractivity (Wildman–Crippen MR) is 112 cm³/mol. The van der Waals surface area contributed by atoms with E-state index in [1.807, 2.05) is 36.6 Å². The number of benzene rings is 3. The van der Waals surface area contributed by atoms with E-state index in [0.29, 0.717) is 24.8 Å². The molecule has 4 rings (SSSR count). The van der Waals surface area contributed by atoms with Crippen molar-refractivity contribution in [1.82, 2.24) is 4.90 Å². The minimum Gasteiger partial charge on any atom is -0.410 e. The molecule has 0 N–H and O–H groups in total. The molecule has 1 heterocycles. The third kappa shape index (κ3) is 4.14. The Morgan fingerprint density at radius 2 is 1.71 bits per heavy atom. The molecule has 0 aliphatic carbocycles. The standard InChI is InChI=1S/C23H22FNO2S/c1-28-22-9-5-17-4-8-21(14-19(17)15-22)27-23(26)25-12-10-18(11-13-25)16-2-6-20(24)7-3-16/h2-9,14-15,18H,10-13H2,1H3. The summed E-state index contributed by atoms with van der Waals surface area (Å²) in [6, 6.07) is 18.7. The minimum atomic E-state index is -0.307. The first-order valence-electron chi connectivity index (χ1n) is 9.42. The number of amides is 1. The van der Waals surface area contributed by atoms with E-state index < -0.39 is 0 Å². The van der Waals surface area contributed by atoms with Gasteiger partial charge in [-0.1, -0.05) is 24.3 Å². The molecule has 1 amide bonds. The Balaban J connectivity index is 1.39. The lowest BCUT2D eigenvalue weighted by Gasteiger charge is -2.31. The Morgan fingerprint density at radius 1 is 1.00 bits per heavy atom. The highest BCUT2D eigenvalue weighted by Crippen LogP contribution is 2.29. The summed E-state index contributed by atoms with van der Waals surface area (Å²) in [6.07, 6.45) is 3.45. The number of ether oxygens (including phenoxy) is 1. The molecule has 0 spiro atoms. The number of rotatable bonds is 3. The van der Waals surface area contributed by atoms with Gasteiger partial charge in [0.05, 0.1) is 0 Å². The van der Waals surface area contributed by atoms with Crippen LogP contribution in [0.25, 0.3) is 10.8 Å². The number of nitrogens with zero attached hydrogens (tertiary/aromatic N) is 1. The van der Waals surface area contributed by atoms with Crippen molar-refractivity contribution in [1.29, 1.82) is 0 Å². The van der Waals surface area contributed by atoms with E-state index in [-0.39, 0.29) is 11.9 Å². The minimum absolute atomic E-state index is 0.218. The molecular formula is C23H22FNO2S. The third-order valence-corrected chi connectivity index (χ3v) is 6.04. The van der Waals surface area contributed by atoms with Crippen LogP contribution in [0, 0.1) is 5.82 Å². The van der Waals surface area contributed by atoms with E-state index in [1.165, 1.54) is 17.0 Å². The lowest BCUT2D eigenvalue weighted by Crippen LogP contribution is -2.39. The number of likely N-dealkylation sites (tertiary alicyclic amines) is 1. The SMILES string of the molecule is CSc1ccc2ccc(OC(=O)N3CCC(c4ccc(F)cc4)CC3)cc2c1. The van der Waals surface area contributed by atoms with Gasteiger partial charge in [0, 0.05) is 18.0 Å². The average Bonchev–Trinajstić information content (AvgIpc) is 2.74. The molecule has 0 saturated carbocycles. The number of hydrogen-bond donors (Lipinski definition) is 0. The molecule has 3 nitrogen and oxygen atoms in total. The molecule has 1 aliphatic heterocycles. The monoisotopic (exact) mass is 395 g/mol. The molecule has 3 aromatic rings. The predicted octanol–water partition coefficient (Wildman–Crippen LogP) is 6.08. The van der Waals surface area contributed by atoms with E-state index >= 15 is 0 Å². The molecule has 3 aromatic carbocycles. The van der Waals surface area contributed by atoms with Gasteiger partial charge in [-0.3, -0.25) is 0 Å².